The number of hydrogen-bond donors (Lipinski definition) is 1. The number of aryl methyl sites for hydroxylation is 1. The van der Waals surface area contributed by atoms with Gasteiger partial charge in [-0.05, 0) is 57.6 Å². The average Bonchev–Trinajstić information content (AvgIpc) is 3.64. The van der Waals surface area contributed by atoms with Crippen molar-refractivity contribution in [2.75, 3.05) is 58.3 Å². The molecule has 3 aromatic rings. The summed E-state index contributed by atoms with van der Waals surface area (Å²) >= 11 is 0. The van der Waals surface area contributed by atoms with E-state index in [0.717, 1.165) is 47.4 Å². The average molecular weight is 588 g/mol. The summed E-state index contributed by atoms with van der Waals surface area (Å²) in [7, 11) is 4.23. The number of piperazine rings is 1. The first-order chi connectivity index (χ1) is 20.7. The summed E-state index contributed by atoms with van der Waals surface area (Å²) < 4.78 is 20.1. The standard InChI is InChI=1S/C31H38FN9O2/c1-19-8-9-25-23(15-34-37-25)28(19)27-13-26-24(17-39(27)5)29(36-31(35-26)43-18-21-7-6-10-38(21)4)40-11-12-41(30(42)20(2)32)22(16-40)14-33-3/h8-9,15,21-22,27H,2,6-7,10-14,16-18H2,1,4-5H3,(H,34,37)/t21-,22-,27?/m0/s1. The number of ether oxygens (including phenoxy) is 1. The highest BCUT2D eigenvalue weighted by Gasteiger charge is 2.38. The van der Waals surface area contributed by atoms with Gasteiger partial charge in [0.2, 0.25) is 6.54 Å². The van der Waals surface area contributed by atoms with E-state index in [9.17, 15) is 9.18 Å². The lowest BCUT2D eigenvalue weighted by Gasteiger charge is -2.42. The minimum atomic E-state index is -1.01. The van der Waals surface area contributed by atoms with Crippen molar-refractivity contribution < 1.29 is 13.9 Å². The second-order valence-electron chi connectivity index (χ2n) is 11.9. The van der Waals surface area contributed by atoms with Gasteiger partial charge in [0, 0.05) is 55.6 Å². The van der Waals surface area contributed by atoms with Gasteiger partial charge in [-0.25, -0.2) is 11.0 Å². The number of likely N-dealkylation sites (N-methyl/N-ethyl adjacent to an activating group) is 2. The molecule has 2 fully saturated rings. The predicted molar refractivity (Wildman–Crippen MR) is 161 cm³/mol. The summed E-state index contributed by atoms with van der Waals surface area (Å²) in [5, 5.41) is 8.50. The third-order valence-electron chi connectivity index (χ3n) is 9.25. The lowest BCUT2D eigenvalue weighted by molar-refractivity contribution is -0.131. The van der Waals surface area contributed by atoms with Crippen LogP contribution in [0.4, 0.5) is 10.2 Å². The van der Waals surface area contributed by atoms with Gasteiger partial charge in [-0.15, -0.1) is 0 Å². The fourth-order valence-electron chi connectivity index (χ4n) is 6.86. The molecule has 6 rings (SSSR count). The molecule has 3 atom stereocenters. The van der Waals surface area contributed by atoms with Gasteiger partial charge in [-0.1, -0.05) is 12.6 Å². The van der Waals surface area contributed by atoms with Gasteiger partial charge in [0.25, 0.3) is 5.91 Å². The van der Waals surface area contributed by atoms with E-state index in [2.05, 4.69) is 69.5 Å². The molecule has 0 spiro atoms. The number of fused-ring (bicyclic) bond motifs is 2. The maximum Gasteiger partial charge on any atom is 0.318 e. The van der Waals surface area contributed by atoms with Crippen molar-refractivity contribution in [2.24, 2.45) is 0 Å². The number of H-pyrrole nitrogens is 1. The molecule has 226 valence electrons. The summed E-state index contributed by atoms with van der Waals surface area (Å²) in [5.41, 5.74) is 5.37. The number of carbonyl (C=O) groups is 1. The number of carbonyl (C=O) groups excluding carboxylic acids is 1. The lowest BCUT2D eigenvalue weighted by Crippen LogP contribution is -2.57. The Bertz CT molecular complexity index is 1580. The Morgan fingerprint density at radius 2 is 2.05 bits per heavy atom. The Balaban J connectivity index is 1.36. The number of benzene rings is 1. The van der Waals surface area contributed by atoms with Gasteiger partial charge >= 0.3 is 6.01 Å². The van der Waals surface area contributed by atoms with Gasteiger partial charge in [0.15, 0.2) is 5.83 Å². The highest BCUT2D eigenvalue weighted by Crippen LogP contribution is 2.40. The van der Waals surface area contributed by atoms with E-state index in [0.29, 0.717) is 44.7 Å². The fraction of sp³-hybridized carbons (Fsp3) is 0.516. The summed E-state index contributed by atoms with van der Waals surface area (Å²) in [6.07, 6.45) is 4.77. The number of likely N-dealkylation sites (tertiary alicyclic amines) is 1. The minimum absolute atomic E-state index is 0.0656. The van der Waals surface area contributed by atoms with Gasteiger partial charge in [-0.3, -0.25) is 14.8 Å². The van der Waals surface area contributed by atoms with Gasteiger partial charge in [-0.2, -0.15) is 15.1 Å². The molecule has 3 aliphatic rings. The van der Waals surface area contributed by atoms with E-state index in [4.69, 9.17) is 21.3 Å². The minimum Gasteiger partial charge on any atom is -0.462 e. The number of halogens is 1. The van der Waals surface area contributed by atoms with Crippen molar-refractivity contribution in [3.05, 3.63) is 64.5 Å². The second kappa shape index (κ2) is 11.9. The Labute approximate surface area is 251 Å². The van der Waals surface area contributed by atoms with Crippen LogP contribution in [-0.4, -0.2) is 106 Å². The van der Waals surface area contributed by atoms with Crippen molar-refractivity contribution in [3.63, 3.8) is 0 Å². The van der Waals surface area contributed by atoms with Crippen LogP contribution in [0.25, 0.3) is 15.7 Å². The maximum atomic E-state index is 13.8. The van der Waals surface area contributed by atoms with E-state index in [1.165, 1.54) is 16.0 Å². The highest BCUT2D eigenvalue weighted by atomic mass is 19.1. The molecule has 0 saturated carbocycles. The number of aromatic nitrogens is 4. The molecule has 1 amide bonds. The largest absolute Gasteiger partial charge is 0.462 e. The molecule has 0 bridgehead atoms. The van der Waals surface area contributed by atoms with Gasteiger partial charge < -0.3 is 24.3 Å². The van der Waals surface area contributed by atoms with Crippen LogP contribution in [0.5, 0.6) is 6.01 Å². The first kappa shape index (κ1) is 29.0. The molecule has 1 aromatic carbocycles. The molecular formula is C31H38FN9O2. The van der Waals surface area contributed by atoms with Crippen LogP contribution in [-0.2, 0) is 17.8 Å². The van der Waals surface area contributed by atoms with Gasteiger partial charge in [0.1, 0.15) is 18.5 Å². The first-order valence-electron chi connectivity index (χ1n) is 14.8. The number of nitrogens with zero attached hydrogens (tertiary/aromatic N) is 8. The first-order valence-corrected chi connectivity index (χ1v) is 14.8. The molecule has 1 N–H and O–H groups in total. The number of amides is 1. The normalized spacial score (nSPS) is 22.9. The Morgan fingerprint density at radius 3 is 2.79 bits per heavy atom. The molecule has 2 saturated heterocycles. The van der Waals surface area contributed by atoms with Crippen molar-refractivity contribution in [1.82, 2.24) is 34.9 Å². The zero-order chi connectivity index (χ0) is 30.2. The predicted octanol–water partition coefficient (Wildman–Crippen LogP) is 3.28. The molecule has 0 radical (unpaired) electrons. The Morgan fingerprint density at radius 1 is 1.21 bits per heavy atom. The SMILES string of the molecule is [C-]#[N+]C[C@H]1CN(c2nc(OC[C@@H]3CCCN3C)nc3c2CN(C)C(c2c(C)ccc4[nH]ncc24)C3)CCN1C(=O)C(=C)F. The third kappa shape index (κ3) is 5.55. The van der Waals surface area contributed by atoms with Crippen LogP contribution in [0.2, 0.25) is 0 Å². The monoisotopic (exact) mass is 587 g/mol. The Kier molecular flexibility index (Phi) is 8.03. The van der Waals surface area contributed by atoms with Crippen LogP contribution >= 0.6 is 0 Å². The smallest absolute Gasteiger partial charge is 0.318 e. The second-order valence-corrected chi connectivity index (χ2v) is 11.9. The van der Waals surface area contributed by atoms with E-state index in [1.807, 2.05) is 6.20 Å². The summed E-state index contributed by atoms with van der Waals surface area (Å²) in [6, 6.07) is 4.44. The van der Waals surface area contributed by atoms with Crippen molar-refractivity contribution >= 4 is 22.6 Å². The molecule has 5 heterocycles. The van der Waals surface area contributed by atoms with Crippen LogP contribution in [0, 0.1) is 13.5 Å². The maximum absolute atomic E-state index is 13.8. The summed E-state index contributed by atoms with van der Waals surface area (Å²) in [5.74, 6) is -1.01. The summed E-state index contributed by atoms with van der Waals surface area (Å²) in [6.45, 7) is 16.1. The van der Waals surface area contributed by atoms with Crippen molar-refractivity contribution in [2.45, 2.75) is 50.9 Å². The van der Waals surface area contributed by atoms with Crippen LogP contribution < -0.4 is 9.64 Å². The van der Waals surface area contributed by atoms with E-state index < -0.39 is 17.8 Å². The van der Waals surface area contributed by atoms with Crippen LogP contribution in [0.15, 0.2) is 30.7 Å². The topological polar surface area (TPSA) is 98.1 Å². The zero-order valence-corrected chi connectivity index (χ0v) is 25.0. The molecule has 3 aliphatic heterocycles. The molecule has 1 unspecified atom stereocenters. The quantitative estimate of drug-likeness (QED) is 0.332. The molecule has 11 nitrogen and oxygen atoms in total. The van der Waals surface area contributed by atoms with E-state index in [1.54, 1.807) is 0 Å². The number of nitrogens with one attached hydrogen (secondary N) is 1. The van der Waals surface area contributed by atoms with E-state index in [-0.39, 0.29) is 19.1 Å². The van der Waals surface area contributed by atoms with Crippen molar-refractivity contribution in [3.8, 4) is 6.01 Å². The number of anilines is 1. The number of hydrogen-bond acceptors (Lipinski definition) is 8. The number of rotatable bonds is 7. The molecule has 12 heteroatoms. The molecule has 2 aromatic heterocycles. The third-order valence-corrected chi connectivity index (χ3v) is 9.25. The van der Waals surface area contributed by atoms with E-state index >= 15 is 0 Å². The van der Waals surface area contributed by atoms with Crippen LogP contribution in [0.3, 0.4) is 0 Å². The van der Waals surface area contributed by atoms with Gasteiger partial charge in [0.05, 0.1) is 17.4 Å². The molecule has 43 heavy (non-hydrogen) atoms. The highest BCUT2D eigenvalue weighted by molar-refractivity contribution is 5.91. The summed E-state index contributed by atoms with van der Waals surface area (Å²) in [4.78, 5) is 34.2. The Hall–Kier alpha value is -4.08. The fourth-order valence-corrected chi connectivity index (χ4v) is 6.86. The van der Waals surface area contributed by atoms with Crippen molar-refractivity contribution in [1.29, 1.82) is 0 Å². The molecule has 0 aliphatic carbocycles. The molecular weight excluding hydrogens is 549 g/mol. The zero-order valence-electron chi connectivity index (χ0n) is 25.0. The lowest BCUT2D eigenvalue weighted by atomic mass is 9.89. The van der Waals surface area contributed by atoms with Crippen LogP contribution in [0.1, 0.15) is 41.3 Å². The number of aromatic amines is 1.